The van der Waals surface area contributed by atoms with E-state index >= 15 is 0 Å². The highest BCUT2D eigenvalue weighted by molar-refractivity contribution is 7.19. The van der Waals surface area contributed by atoms with Crippen LogP contribution in [0.5, 0.6) is 0 Å². The van der Waals surface area contributed by atoms with E-state index in [0.717, 1.165) is 6.42 Å². The fourth-order valence-corrected chi connectivity index (χ4v) is 1.05. The summed E-state index contributed by atoms with van der Waals surface area (Å²) in [5.41, 5.74) is 1.38. The lowest BCUT2D eigenvalue weighted by atomic mass is 9.98. The van der Waals surface area contributed by atoms with Gasteiger partial charge in [0.25, 0.3) is 0 Å². The van der Waals surface area contributed by atoms with E-state index in [1.54, 1.807) is 0 Å². The zero-order valence-corrected chi connectivity index (χ0v) is 7.17. The van der Waals surface area contributed by atoms with Gasteiger partial charge in [-0.2, -0.15) is 0 Å². The normalized spacial score (nSPS) is 34.3. The van der Waals surface area contributed by atoms with Crippen LogP contribution in [0.25, 0.3) is 0 Å². The summed E-state index contributed by atoms with van der Waals surface area (Å²) in [5, 5.41) is 0.319. The zero-order chi connectivity index (χ0) is 6.91. The predicted octanol–water partition coefficient (Wildman–Crippen LogP) is 2.53. The molecule has 2 unspecified atom stereocenters. The minimum absolute atomic E-state index is 0.319. The quantitative estimate of drug-likeness (QED) is 0.453. The van der Waals surface area contributed by atoms with Gasteiger partial charge in [0.05, 0.1) is 0 Å². The molecule has 0 aromatic heterocycles. The number of hydrogen-bond acceptors (Lipinski definition) is 0. The summed E-state index contributed by atoms with van der Waals surface area (Å²) in [6.07, 6.45) is 7.84. The Hall–Kier alpha value is -0.0900. The van der Waals surface area contributed by atoms with Gasteiger partial charge >= 0.3 is 0 Å². The van der Waals surface area contributed by atoms with Gasteiger partial charge in [0.15, 0.2) is 0 Å². The molecule has 0 aliphatic heterocycles. The van der Waals surface area contributed by atoms with Gasteiger partial charge in [-0.15, -0.1) is 9.24 Å². The largest absolute Gasteiger partial charge is 0.127 e. The van der Waals surface area contributed by atoms with Crippen molar-refractivity contribution in [1.82, 2.24) is 0 Å². The molecule has 1 heteroatoms. The van der Waals surface area contributed by atoms with Gasteiger partial charge in [0, 0.05) is 5.16 Å². The Morgan fingerprint density at radius 3 is 2.67 bits per heavy atom. The molecule has 0 saturated heterocycles. The Bertz CT molecular complexity index is 163. The summed E-state index contributed by atoms with van der Waals surface area (Å²) < 4.78 is 0. The highest BCUT2D eigenvalue weighted by Crippen LogP contribution is 2.28. The lowest BCUT2D eigenvalue weighted by molar-refractivity contribution is 0.791. The number of allylic oxidation sites excluding steroid dienone is 4. The van der Waals surface area contributed by atoms with Crippen LogP contribution in [-0.2, 0) is 0 Å². The molecule has 0 nitrogen and oxygen atoms in total. The maximum atomic E-state index is 2.85. The van der Waals surface area contributed by atoms with Crippen molar-refractivity contribution in [3.63, 3.8) is 0 Å². The molecule has 0 bridgehead atoms. The molecule has 0 amide bonds. The Balaban J connectivity index is 2.70. The molecule has 2 atom stereocenters. The van der Waals surface area contributed by atoms with Crippen molar-refractivity contribution in [3.8, 4) is 0 Å². The third-order valence-electron chi connectivity index (χ3n) is 1.59. The molecular weight excluding hydrogens is 127 g/mol. The highest BCUT2D eigenvalue weighted by Gasteiger charge is 2.14. The molecule has 50 valence electrons. The highest BCUT2D eigenvalue weighted by atomic mass is 31.0. The summed E-state index contributed by atoms with van der Waals surface area (Å²) in [7, 11) is 2.85. The summed E-state index contributed by atoms with van der Waals surface area (Å²) in [4.78, 5) is 0. The molecule has 0 spiro atoms. The molecule has 0 heterocycles. The summed E-state index contributed by atoms with van der Waals surface area (Å²) in [6.45, 7) is 4.35. The van der Waals surface area contributed by atoms with Gasteiger partial charge in [-0.3, -0.25) is 0 Å². The summed E-state index contributed by atoms with van der Waals surface area (Å²) in [6, 6.07) is 0. The van der Waals surface area contributed by atoms with Crippen LogP contribution in [0.1, 0.15) is 20.3 Å². The number of hydrogen-bond donors (Lipinski definition) is 0. The lowest BCUT2D eigenvalue weighted by Gasteiger charge is -2.21. The van der Waals surface area contributed by atoms with Crippen LogP contribution in [0.2, 0.25) is 0 Å². The molecule has 0 aromatic carbocycles. The van der Waals surface area contributed by atoms with Gasteiger partial charge in [-0.1, -0.05) is 30.7 Å². The SMILES string of the molecule is CC1=CCC(C)(P)C=C1. The third kappa shape index (κ3) is 1.95. The van der Waals surface area contributed by atoms with Crippen molar-refractivity contribution in [1.29, 1.82) is 0 Å². The average Bonchev–Trinajstić information content (AvgIpc) is 1.78. The van der Waals surface area contributed by atoms with E-state index in [1.165, 1.54) is 5.57 Å². The maximum Gasteiger partial charge on any atom is 0.00365 e. The van der Waals surface area contributed by atoms with Crippen LogP contribution in [0.15, 0.2) is 23.8 Å². The van der Waals surface area contributed by atoms with Crippen LogP contribution in [0.3, 0.4) is 0 Å². The predicted molar refractivity (Wildman–Crippen MR) is 45.6 cm³/mol. The lowest BCUT2D eigenvalue weighted by Crippen LogP contribution is -2.12. The summed E-state index contributed by atoms with van der Waals surface area (Å²) >= 11 is 0. The van der Waals surface area contributed by atoms with Crippen LogP contribution >= 0.6 is 9.24 Å². The Kier molecular flexibility index (Phi) is 1.77. The van der Waals surface area contributed by atoms with Gasteiger partial charge in [0.1, 0.15) is 0 Å². The van der Waals surface area contributed by atoms with Crippen molar-refractivity contribution >= 4 is 9.24 Å². The topological polar surface area (TPSA) is 0 Å². The molecule has 9 heavy (non-hydrogen) atoms. The molecule has 1 aliphatic rings. The first kappa shape index (κ1) is 7.02. The van der Waals surface area contributed by atoms with Crippen molar-refractivity contribution in [2.45, 2.75) is 25.4 Å². The average molecular weight is 140 g/mol. The first-order valence-electron chi connectivity index (χ1n) is 3.25. The van der Waals surface area contributed by atoms with Gasteiger partial charge in [-0.05, 0) is 13.3 Å². The van der Waals surface area contributed by atoms with Crippen LogP contribution in [0.4, 0.5) is 0 Å². The summed E-state index contributed by atoms with van der Waals surface area (Å²) in [5.74, 6) is 0. The van der Waals surface area contributed by atoms with Gasteiger partial charge in [0.2, 0.25) is 0 Å². The Morgan fingerprint density at radius 1 is 1.67 bits per heavy atom. The van der Waals surface area contributed by atoms with E-state index < -0.39 is 0 Å². The van der Waals surface area contributed by atoms with Crippen molar-refractivity contribution in [2.24, 2.45) is 0 Å². The van der Waals surface area contributed by atoms with E-state index in [9.17, 15) is 0 Å². The standard InChI is InChI=1S/C8H13P/c1-7-3-5-8(2,9)6-4-7/h3-5H,6,9H2,1-2H3. The number of rotatable bonds is 0. The minimum atomic E-state index is 0.319. The Labute approximate surface area is 59.2 Å². The fraction of sp³-hybridized carbons (Fsp3) is 0.500. The van der Waals surface area contributed by atoms with Crippen LogP contribution in [-0.4, -0.2) is 5.16 Å². The monoisotopic (exact) mass is 140 g/mol. The van der Waals surface area contributed by atoms with E-state index in [4.69, 9.17) is 0 Å². The second-order valence-corrected chi connectivity index (χ2v) is 4.31. The van der Waals surface area contributed by atoms with E-state index in [-0.39, 0.29) is 0 Å². The first-order chi connectivity index (χ1) is 4.10. The molecule has 0 fully saturated rings. The molecule has 0 N–H and O–H groups in total. The van der Waals surface area contributed by atoms with Gasteiger partial charge in [-0.25, -0.2) is 0 Å². The smallest absolute Gasteiger partial charge is 0.00365 e. The van der Waals surface area contributed by atoms with Crippen molar-refractivity contribution in [2.75, 3.05) is 0 Å². The molecule has 0 aromatic rings. The minimum Gasteiger partial charge on any atom is -0.127 e. The second-order valence-electron chi connectivity index (χ2n) is 2.99. The van der Waals surface area contributed by atoms with E-state index in [0.29, 0.717) is 5.16 Å². The van der Waals surface area contributed by atoms with Crippen LogP contribution < -0.4 is 0 Å². The first-order valence-corrected chi connectivity index (χ1v) is 3.83. The molecule has 0 saturated carbocycles. The van der Waals surface area contributed by atoms with Crippen LogP contribution in [0, 0.1) is 0 Å². The zero-order valence-electron chi connectivity index (χ0n) is 6.02. The van der Waals surface area contributed by atoms with E-state index in [2.05, 4.69) is 41.3 Å². The molecular formula is C8H13P. The Morgan fingerprint density at radius 2 is 2.33 bits per heavy atom. The van der Waals surface area contributed by atoms with E-state index in [1.807, 2.05) is 0 Å². The van der Waals surface area contributed by atoms with Gasteiger partial charge < -0.3 is 0 Å². The molecule has 0 radical (unpaired) electrons. The second kappa shape index (κ2) is 2.27. The van der Waals surface area contributed by atoms with Crippen molar-refractivity contribution in [3.05, 3.63) is 23.8 Å². The molecule has 1 aliphatic carbocycles. The van der Waals surface area contributed by atoms with Crippen molar-refractivity contribution < 1.29 is 0 Å². The maximum absolute atomic E-state index is 2.85. The third-order valence-corrected chi connectivity index (χ3v) is 2.02. The fourth-order valence-electron chi connectivity index (χ4n) is 0.839. The molecule has 1 rings (SSSR count).